The molecule has 1 unspecified atom stereocenters. The zero-order valence-corrected chi connectivity index (χ0v) is 22.0. The molecule has 7 nitrogen and oxygen atoms in total. The maximum absolute atomic E-state index is 13.7. The molecule has 1 amide bonds. The van der Waals surface area contributed by atoms with E-state index in [2.05, 4.69) is 22.4 Å². The van der Waals surface area contributed by atoms with Crippen molar-refractivity contribution >= 4 is 17.5 Å². The summed E-state index contributed by atoms with van der Waals surface area (Å²) in [7, 11) is 0. The highest BCUT2D eigenvalue weighted by atomic mass is 16.2. The van der Waals surface area contributed by atoms with Crippen molar-refractivity contribution in [1.29, 1.82) is 5.26 Å². The molecule has 38 heavy (non-hydrogen) atoms. The molecule has 2 aliphatic heterocycles. The van der Waals surface area contributed by atoms with Crippen LogP contribution in [0.4, 0.5) is 5.82 Å². The van der Waals surface area contributed by atoms with Crippen LogP contribution in [0.1, 0.15) is 89.2 Å². The number of aromatic amines is 1. The highest BCUT2D eigenvalue weighted by Crippen LogP contribution is 2.45. The maximum Gasteiger partial charge on any atom is 0.254 e. The number of likely N-dealkylation sites (tertiary alicyclic amines) is 1. The van der Waals surface area contributed by atoms with Gasteiger partial charge in [0.05, 0.1) is 23.4 Å². The fourth-order valence-electron chi connectivity index (χ4n) is 5.98. The fraction of sp³-hybridized carbons (Fsp3) is 0.419. The lowest BCUT2D eigenvalue weighted by molar-refractivity contribution is -0.117. The van der Waals surface area contributed by atoms with E-state index in [1.807, 2.05) is 42.2 Å². The molecule has 2 aromatic carbocycles. The predicted octanol–water partition coefficient (Wildman–Crippen LogP) is 5.47. The molecule has 0 radical (unpaired) electrons. The van der Waals surface area contributed by atoms with Crippen molar-refractivity contribution in [3.05, 3.63) is 69.9 Å². The number of fused-ring (bicyclic) bond motifs is 1. The van der Waals surface area contributed by atoms with Gasteiger partial charge in [0.2, 0.25) is 0 Å². The number of carbonyl (C=O) groups excluding carboxylic acids is 2. The van der Waals surface area contributed by atoms with E-state index in [0.29, 0.717) is 30.5 Å². The van der Waals surface area contributed by atoms with E-state index < -0.39 is 0 Å². The zero-order valence-electron chi connectivity index (χ0n) is 22.0. The van der Waals surface area contributed by atoms with E-state index in [9.17, 15) is 9.59 Å². The van der Waals surface area contributed by atoms with Crippen molar-refractivity contribution < 1.29 is 9.59 Å². The van der Waals surface area contributed by atoms with Crippen LogP contribution in [0.5, 0.6) is 0 Å². The lowest BCUT2D eigenvalue weighted by atomic mass is 9.88. The van der Waals surface area contributed by atoms with Gasteiger partial charge < -0.3 is 15.2 Å². The van der Waals surface area contributed by atoms with Gasteiger partial charge in [-0.25, -0.2) is 4.98 Å². The number of imidazole rings is 1. The van der Waals surface area contributed by atoms with E-state index in [1.165, 1.54) is 11.1 Å². The van der Waals surface area contributed by atoms with Gasteiger partial charge >= 0.3 is 0 Å². The number of piperidine rings is 1. The highest BCUT2D eigenvalue weighted by Gasteiger charge is 2.32. The molecule has 0 spiro atoms. The molecule has 2 fully saturated rings. The number of H-pyrrole nitrogens is 1. The first-order valence-electron chi connectivity index (χ1n) is 13.7. The molecule has 1 aromatic heterocycles. The van der Waals surface area contributed by atoms with Crippen molar-refractivity contribution in [2.24, 2.45) is 0 Å². The number of anilines is 1. The minimum Gasteiger partial charge on any atom is -0.359 e. The highest BCUT2D eigenvalue weighted by molar-refractivity contribution is 5.97. The summed E-state index contributed by atoms with van der Waals surface area (Å²) in [5.74, 6) is 2.66. The Hall–Kier alpha value is -3.92. The monoisotopic (exact) mass is 507 g/mol. The quantitative estimate of drug-likeness (QED) is 0.477. The van der Waals surface area contributed by atoms with Crippen LogP contribution in [-0.4, -0.2) is 45.7 Å². The number of nitriles is 1. The van der Waals surface area contributed by atoms with Gasteiger partial charge in [-0.15, -0.1) is 0 Å². The van der Waals surface area contributed by atoms with E-state index in [1.54, 1.807) is 6.92 Å². The number of nitrogens with one attached hydrogen (secondary N) is 2. The molecule has 6 rings (SSSR count). The second kappa shape index (κ2) is 9.75. The third-order valence-electron chi connectivity index (χ3n) is 8.46. The van der Waals surface area contributed by atoms with Crippen molar-refractivity contribution in [3.63, 3.8) is 0 Å². The summed E-state index contributed by atoms with van der Waals surface area (Å²) in [4.78, 5) is 36.0. The predicted molar refractivity (Wildman–Crippen MR) is 146 cm³/mol. The summed E-state index contributed by atoms with van der Waals surface area (Å²) in [6, 6.07) is 14.1. The molecule has 3 aromatic rings. The number of aryl methyl sites for hydroxylation is 2. The first kappa shape index (κ1) is 24.4. The van der Waals surface area contributed by atoms with Crippen LogP contribution in [0, 0.1) is 18.3 Å². The molecule has 194 valence electrons. The number of carbonyl (C=O) groups is 2. The first-order chi connectivity index (χ1) is 18.4. The third-order valence-corrected chi connectivity index (χ3v) is 8.46. The lowest BCUT2D eigenvalue weighted by Crippen LogP contribution is -2.38. The first-order valence-corrected chi connectivity index (χ1v) is 13.7. The van der Waals surface area contributed by atoms with Crippen LogP contribution in [-0.2, 0) is 11.2 Å². The van der Waals surface area contributed by atoms with Crippen LogP contribution in [0.2, 0.25) is 0 Å². The summed E-state index contributed by atoms with van der Waals surface area (Å²) in [6.45, 7) is 5.09. The number of amides is 1. The van der Waals surface area contributed by atoms with Gasteiger partial charge in [-0.3, -0.25) is 9.59 Å². The van der Waals surface area contributed by atoms with Gasteiger partial charge in [0, 0.05) is 24.2 Å². The minimum atomic E-state index is -0.191. The number of benzene rings is 2. The standard InChI is InChI=1S/C31H33N5O2/c1-18-15-25(23-7-8-23)26(29-34-28-10-9-27(19(2)37)33-30(28)35-29)16-24(18)31(38)36-13-11-22(12-14-36)21-5-3-20(17-32)4-6-21/h3-6,15-16,22-23,27,33H,7-14H2,1-2H3,(H,34,35). The Morgan fingerprint density at radius 2 is 1.76 bits per heavy atom. The third kappa shape index (κ3) is 4.60. The molecule has 1 atom stereocenters. The number of hydrogen-bond acceptors (Lipinski definition) is 5. The van der Waals surface area contributed by atoms with Gasteiger partial charge in [0.25, 0.3) is 5.91 Å². The Morgan fingerprint density at radius 1 is 1.03 bits per heavy atom. The average molecular weight is 508 g/mol. The van der Waals surface area contributed by atoms with Crippen LogP contribution in [0.15, 0.2) is 36.4 Å². The van der Waals surface area contributed by atoms with Gasteiger partial charge in [-0.05, 0) is 99.1 Å². The number of nitrogens with zero attached hydrogens (tertiary/aromatic N) is 3. The Balaban J connectivity index is 1.24. The van der Waals surface area contributed by atoms with E-state index >= 15 is 0 Å². The average Bonchev–Trinajstić information content (AvgIpc) is 3.70. The number of hydrogen-bond donors (Lipinski definition) is 2. The van der Waals surface area contributed by atoms with Crippen LogP contribution < -0.4 is 5.32 Å². The Morgan fingerprint density at radius 3 is 2.42 bits per heavy atom. The number of Topliss-reactive ketones (excluding diaryl/α,β-unsaturated/α-hetero) is 1. The summed E-state index contributed by atoms with van der Waals surface area (Å²) >= 11 is 0. The van der Waals surface area contributed by atoms with Crippen molar-refractivity contribution in [2.75, 3.05) is 18.4 Å². The molecular formula is C31H33N5O2. The van der Waals surface area contributed by atoms with E-state index in [0.717, 1.165) is 72.6 Å². The summed E-state index contributed by atoms with van der Waals surface area (Å²) in [6.07, 6.45) is 5.69. The molecule has 3 heterocycles. The van der Waals surface area contributed by atoms with Gasteiger partial charge in [0.1, 0.15) is 11.6 Å². The molecule has 1 aliphatic carbocycles. The Bertz CT molecular complexity index is 1440. The van der Waals surface area contributed by atoms with Gasteiger partial charge in [-0.1, -0.05) is 18.2 Å². The van der Waals surface area contributed by atoms with Gasteiger partial charge in [-0.2, -0.15) is 5.26 Å². The van der Waals surface area contributed by atoms with Crippen LogP contribution in [0.25, 0.3) is 11.4 Å². The molecule has 1 saturated carbocycles. The lowest BCUT2D eigenvalue weighted by Gasteiger charge is -2.33. The summed E-state index contributed by atoms with van der Waals surface area (Å²) in [5.41, 5.74) is 6.96. The number of ketones is 1. The van der Waals surface area contributed by atoms with Crippen molar-refractivity contribution in [2.45, 2.75) is 70.3 Å². The Kier molecular flexibility index (Phi) is 6.27. The topological polar surface area (TPSA) is 102 Å². The van der Waals surface area contributed by atoms with Gasteiger partial charge in [0.15, 0.2) is 5.78 Å². The second-order valence-electron chi connectivity index (χ2n) is 11.1. The maximum atomic E-state index is 13.7. The van der Waals surface area contributed by atoms with Crippen molar-refractivity contribution in [1.82, 2.24) is 14.9 Å². The second-order valence-corrected chi connectivity index (χ2v) is 11.1. The molecule has 0 bridgehead atoms. The summed E-state index contributed by atoms with van der Waals surface area (Å²) < 4.78 is 0. The van der Waals surface area contributed by atoms with E-state index in [-0.39, 0.29) is 17.7 Å². The number of rotatable bonds is 5. The van der Waals surface area contributed by atoms with Crippen molar-refractivity contribution in [3.8, 4) is 17.5 Å². The molecular weight excluding hydrogens is 474 g/mol. The Labute approximate surface area is 223 Å². The smallest absolute Gasteiger partial charge is 0.254 e. The normalized spacial score (nSPS) is 19.4. The van der Waals surface area contributed by atoms with Crippen LogP contribution in [0.3, 0.4) is 0 Å². The summed E-state index contributed by atoms with van der Waals surface area (Å²) in [5, 5.41) is 12.4. The minimum absolute atomic E-state index is 0.0791. The molecule has 1 saturated heterocycles. The largest absolute Gasteiger partial charge is 0.359 e. The molecule has 3 aliphatic rings. The zero-order chi connectivity index (χ0) is 26.4. The molecule has 2 N–H and O–H groups in total. The number of aromatic nitrogens is 2. The fourth-order valence-corrected chi connectivity index (χ4v) is 5.98. The SMILES string of the molecule is CC(=O)C1CCc2[nH]c(-c3cc(C(=O)N4CCC(c5ccc(C#N)cc5)CC4)c(C)cc3C3CC3)nc2N1. The molecule has 7 heteroatoms. The van der Waals surface area contributed by atoms with E-state index in [4.69, 9.17) is 10.2 Å². The van der Waals surface area contributed by atoms with Crippen LogP contribution >= 0.6 is 0 Å².